The Morgan fingerprint density at radius 1 is 1.19 bits per heavy atom. The third kappa shape index (κ3) is 4.96. The van der Waals surface area contributed by atoms with Crippen LogP contribution < -0.4 is 5.32 Å². The Morgan fingerprint density at radius 2 is 1.81 bits per heavy atom. The third-order valence-electron chi connectivity index (χ3n) is 5.40. The fourth-order valence-corrected chi connectivity index (χ4v) is 3.67. The van der Waals surface area contributed by atoms with Gasteiger partial charge in [0.15, 0.2) is 0 Å². The second-order valence-electron chi connectivity index (χ2n) is 7.10. The summed E-state index contributed by atoms with van der Waals surface area (Å²) in [6.07, 6.45) is 6.57. The summed E-state index contributed by atoms with van der Waals surface area (Å²) < 4.78 is 0. The topological polar surface area (TPSA) is 35.6 Å². The molecule has 21 heavy (non-hydrogen) atoms. The minimum absolute atomic E-state index is 0.358. The van der Waals surface area contributed by atoms with Gasteiger partial charge in [-0.25, -0.2) is 0 Å². The van der Waals surface area contributed by atoms with Crippen molar-refractivity contribution < 1.29 is 4.79 Å². The van der Waals surface area contributed by atoms with Crippen LogP contribution in [-0.2, 0) is 4.79 Å². The average Bonchev–Trinajstić information content (AvgIpc) is 2.53. The molecule has 4 nitrogen and oxygen atoms in total. The van der Waals surface area contributed by atoms with Crippen molar-refractivity contribution in [2.24, 2.45) is 5.92 Å². The predicted molar refractivity (Wildman–Crippen MR) is 87.3 cm³/mol. The Labute approximate surface area is 130 Å². The molecule has 2 aliphatic heterocycles. The summed E-state index contributed by atoms with van der Waals surface area (Å²) >= 11 is 0. The number of rotatable bonds is 5. The Bertz CT molecular complexity index is 318. The van der Waals surface area contributed by atoms with Crippen molar-refractivity contribution in [1.29, 1.82) is 0 Å². The van der Waals surface area contributed by atoms with Crippen LogP contribution in [0.3, 0.4) is 0 Å². The van der Waals surface area contributed by atoms with Gasteiger partial charge in [0, 0.05) is 38.6 Å². The van der Waals surface area contributed by atoms with Crippen LogP contribution in [0.5, 0.6) is 0 Å². The van der Waals surface area contributed by atoms with Crippen molar-refractivity contribution >= 4 is 5.91 Å². The molecule has 2 heterocycles. The van der Waals surface area contributed by atoms with E-state index in [1.807, 2.05) is 11.9 Å². The lowest BCUT2D eigenvalue weighted by molar-refractivity contribution is -0.133. The van der Waals surface area contributed by atoms with E-state index in [1.165, 1.54) is 12.8 Å². The van der Waals surface area contributed by atoms with Gasteiger partial charge in [-0.15, -0.1) is 0 Å². The molecule has 0 atom stereocenters. The van der Waals surface area contributed by atoms with E-state index in [0.29, 0.717) is 18.0 Å². The Morgan fingerprint density at radius 3 is 2.38 bits per heavy atom. The molecule has 0 bridgehead atoms. The van der Waals surface area contributed by atoms with Crippen molar-refractivity contribution in [1.82, 2.24) is 15.1 Å². The van der Waals surface area contributed by atoms with Crippen LogP contribution in [0.2, 0.25) is 0 Å². The molecule has 122 valence electrons. The zero-order valence-corrected chi connectivity index (χ0v) is 14.1. The molecule has 2 fully saturated rings. The van der Waals surface area contributed by atoms with Gasteiger partial charge in [-0.05, 0) is 65.0 Å². The smallest absolute Gasteiger partial charge is 0.222 e. The van der Waals surface area contributed by atoms with E-state index in [-0.39, 0.29) is 0 Å². The summed E-state index contributed by atoms with van der Waals surface area (Å²) in [6.45, 7) is 9.04. The highest BCUT2D eigenvalue weighted by Crippen LogP contribution is 2.21. The van der Waals surface area contributed by atoms with Crippen molar-refractivity contribution in [2.45, 2.75) is 64.5 Å². The molecular weight excluding hydrogens is 262 g/mol. The first-order valence-electron chi connectivity index (χ1n) is 8.78. The van der Waals surface area contributed by atoms with Crippen molar-refractivity contribution in [2.75, 3.05) is 33.2 Å². The van der Waals surface area contributed by atoms with Gasteiger partial charge in [0.2, 0.25) is 5.91 Å². The number of nitrogens with one attached hydrogen (secondary N) is 1. The number of carbonyl (C=O) groups excluding carboxylic acids is 1. The largest absolute Gasteiger partial charge is 0.343 e. The van der Waals surface area contributed by atoms with E-state index in [9.17, 15) is 4.79 Å². The van der Waals surface area contributed by atoms with Gasteiger partial charge in [-0.1, -0.05) is 0 Å². The van der Waals surface area contributed by atoms with E-state index in [1.54, 1.807) is 0 Å². The summed E-state index contributed by atoms with van der Waals surface area (Å²) in [7, 11) is 2.01. The van der Waals surface area contributed by atoms with E-state index in [2.05, 4.69) is 24.1 Å². The molecular formula is C17H33N3O. The van der Waals surface area contributed by atoms with Crippen molar-refractivity contribution in [3.63, 3.8) is 0 Å². The lowest BCUT2D eigenvalue weighted by Gasteiger charge is -2.38. The highest BCUT2D eigenvalue weighted by molar-refractivity contribution is 5.76. The number of nitrogens with zero attached hydrogens (tertiary/aromatic N) is 2. The normalized spacial score (nSPS) is 22.7. The standard InChI is InChI=1S/C17H33N3O/c1-14(2)20-12-8-16(9-13-20)19(3)17(21)5-4-15-6-10-18-11-7-15/h14-16,18H,4-13H2,1-3H3. The van der Waals surface area contributed by atoms with Gasteiger partial charge in [-0.3, -0.25) is 4.79 Å². The molecule has 1 amide bonds. The maximum atomic E-state index is 12.4. The van der Waals surface area contributed by atoms with Gasteiger partial charge >= 0.3 is 0 Å². The zero-order valence-electron chi connectivity index (χ0n) is 14.1. The second kappa shape index (κ2) is 8.14. The summed E-state index contributed by atoms with van der Waals surface area (Å²) in [5.74, 6) is 1.11. The molecule has 2 saturated heterocycles. The van der Waals surface area contributed by atoms with Crippen molar-refractivity contribution in [3.05, 3.63) is 0 Å². The van der Waals surface area contributed by atoms with Crippen molar-refractivity contribution in [3.8, 4) is 0 Å². The van der Waals surface area contributed by atoms with Gasteiger partial charge in [0.25, 0.3) is 0 Å². The molecule has 0 aliphatic carbocycles. The number of hydrogen-bond donors (Lipinski definition) is 1. The van der Waals surface area contributed by atoms with Gasteiger partial charge in [0.05, 0.1) is 0 Å². The maximum Gasteiger partial charge on any atom is 0.222 e. The quantitative estimate of drug-likeness (QED) is 0.844. The monoisotopic (exact) mass is 295 g/mol. The maximum absolute atomic E-state index is 12.4. The van der Waals surface area contributed by atoms with Crippen LogP contribution >= 0.6 is 0 Å². The molecule has 0 aromatic heterocycles. The van der Waals surface area contributed by atoms with E-state index >= 15 is 0 Å². The number of hydrogen-bond acceptors (Lipinski definition) is 3. The summed E-state index contributed by atoms with van der Waals surface area (Å²) in [6, 6.07) is 1.09. The molecule has 2 aliphatic rings. The SMILES string of the molecule is CC(C)N1CCC(N(C)C(=O)CCC2CCNCC2)CC1. The Kier molecular flexibility index (Phi) is 6.49. The zero-order chi connectivity index (χ0) is 15.2. The minimum Gasteiger partial charge on any atom is -0.343 e. The van der Waals surface area contributed by atoms with Crippen LogP contribution in [0, 0.1) is 5.92 Å². The van der Waals surface area contributed by atoms with E-state index in [0.717, 1.165) is 57.8 Å². The van der Waals surface area contributed by atoms with Crippen LogP contribution in [0.1, 0.15) is 52.4 Å². The molecule has 0 unspecified atom stereocenters. The fraction of sp³-hybridized carbons (Fsp3) is 0.941. The first kappa shape index (κ1) is 16.8. The molecule has 0 saturated carbocycles. The molecule has 0 spiro atoms. The molecule has 2 rings (SSSR count). The molecule has 1 N–H and O–H groups in total. The lowest BCUT2D eigenvalue weighted by atomic mass is 9.92. The van der Waals surface area contributed by atoms with Crippen LogP contribution in [0.25, 0.3) is 0 Å². The Hall–Kier alpha value is -0.610. The first-order chi connectivity index (χ1) is 10.1. The lowest BCUT2D eigenvalue weighted by Crippen LogP contribution is -2.47. The number of amides is 1. The van der Waals surface area contributed by atoms with E-state index < -0.39 is 0 Å². The molecule has 0 aromatic carbocycles. The van der Waals surface area contributed by atoms with Gasteiger partial charge in [0.1, 0.15) is 0 Å². The number of carbonyl (C=O) groups is 1. The van der Waals surface area contributed by atoms with Crippen LogP contribution in [0.15, 0.2) is 0 Å². The second-order valence-corrected chi connectivity index (χ2v) is 7.10. The van der Waals surface area contributed by atoms with Crippen LogP contribution in [-0.4, -0.2) is 61.0 Å². The van der Waals surface area contributed by atoms with Gasteiger partial charge < -0.3 is 15.1 Å². The number of piperidine rings is 2. The summed E-state index contributed by atoms with van der Waals surface area (Å²) in [5, 5.41) is 3.39. The Balaban J connectivity index is 1.69. The fourth-order valence-electron chi connectivity index (χ4n) is 3.67. The number of likely N-dealkylation sites (tertiary alicyclic amines) is 1. The first-order valence-corrected chi connectivity index (χ1v) is 8.78. The highest BCUT2D eigenvalue weighted by atomic mass is 16.2. The molecule has 0 aromatic rings. The average molecular weight is 295 g/mol. The third-order valence-corrected chi connectivity index (χ3v) is 5.40. The summed E-state index contributed by atoms with van der Waals surface area (Å²) in [5.41, 5.74) is 0. The predicted octanol–water partition coefficient (Wildman–Crippen LogP) is 2.10. The summed E-state index contributed by atoms with van der Waals surface area (Å²) in [4.78, 5) is 17.0. The molecule has 4 heteroatoms. The van der Waals surface area contributed by atoms with Gasteiger partial charge in [-0.2, -0.15) is 0 Å². The minimum atomic E-state index is 0.358. The van der Waals surface area contributed by atoms with Crippen LogP contribution in [0.4, 0.5) is 0 Å². The van der Waals surface area contributed by atoms with E-state index in [4.69, 9.17) is 0 Å². The molecule has 0 radical (unpaired) electrons. The highest BCUT2D eigenvalue weighted by Gasteiger charge is 2.26.